The molecular weight excluding hydrogens is 412 g/mol. The van der Waals surface area contributed by atoms with Crippen LogP contribution in [0.2, 0.25) is 0 Å². The Morgan fingerprint density at radius 3 is 2.42 bits per heavy atom. The summed E-state index contributed by atoms with van der Waals surface area (Å²) < 4.78 is 9.74. The molecule has 1 unspecified atom stereocenters. The average molecular weight is 439 g/mol. The predicted molar refractivity (Wildman–Crippen MR) is 119 cm³/mol. The molecule has 2 heterocycles. The summed E-state index contributed by atoms with van der Waals surface area (Å²) in [6.45, 7) is 5.69. The SMILES string of the molecule is Cc1ccc(C(C(=O)NC2CCCC2)N(C(=O)c2csnn2)c2c(C)cccc2C)o1. The van der Waals surface area contributed by atoms with Crippen LogP contribution in [0, 0.1) is 20.8 Å². The highest BCUT2D eigenvalue weighted by Crippen LogP contribution is 2.35. The molecule has 0 radical (unpaired) electrons. The fraction of sp³-hybridized carbons (Fsp3) is 0.391. The fourth-order valence-corrected chi connectivity index (χ4v) is 4.67. The van der Waals surface area contributed by atoms with Gasteiger partial charge in [-0.3, -0.25) is 14.5 Å². The van der Waals surface area contributed by atoms with Gasteiger partial charge in [0.2, 0.25) is 0 Å². The van der Waals surface area contributed by atoms with E-state index >= 15 is 0 Å². The zero-order valence-electron chi connectivity index (χ0n) is 17.9. The molecule has 1 aliphatic carbocycles. The van der Waals surface area contributed by atoms with Crippen molar-refractivity contribution in [3.63, 3.8) is 0 Å². The Kier molecular flexibility index (Phi) is 6.18. The lowest BCUT2D eigenvalue weighted by atomic mass is 10.0. The normalized spacial score (nSPS) is 15.1. The maximum Gasteiger partial charge on any atom is 0.280 e. The quantitative estimate of drug-likeness (QED) is 0.612. The predicted octanol–water partition coefficient (Wildman–Crippen LogP) is 4.50. The van der Waals surface area contributed by atoms with Crippen LogP contribution >= 0.6 is 11.5 Å². The van der Waals surface area contributed by atoms with E-state index in [0.717, 1.165) is 48.3 Å². The molecule has 1 fully saturated rings. The second-order valence-corrected chi connectivity index (χ2v) is 8.66. The number of carbonyl (C=O) groups excluding carboxylic acids is 2. The highest BCUT2D eigenvalue weighted by atomic mass is 32.1. The van der Waals surface area contributed by atoms with Gasteiger partial charge in [0.1, 0.15) is 11.5 Å². The van der Waals surface area contributed by atoms with Crippen molar-refractivity contribution in [2.45, 2.75) is 58.5 Å². The topological polar surface area (TPSA) is 88.3 Å². The van der Waals surface area contributed by atoms with Gasteiger partial charge in [-0.1, -0.05) is 35.5 Å². The third-order valence-electron chi connectivity index (χ3n) is 5.72. The summed E-state index contributed by atoms with van der Waals surface area (Å²) >= 11 is 1.10. The van der Waals surface area contributed by atoms with Gasteiger partial charge < -0.3 is 9.73 Å². The van der Waals surface area contributed by atoms with Crippen LogP contribution in [0.25, 0.3) is 0 Å². The number of hydrogen-bond donors (Lipinski definition) is 1. The number of furan rings is 1. The smallest absolute Gasteiger partial charge is 0.280 e. The number of hydrogen-bond acceptors (Lipinski definition) is 6. The molecule has 0 bridgehead atoms. The number of para-hydroxylation sites is 1. The molecule has 2 aromatic heterocycles. The van der Waals surface area contributed by atoms with E-state index in [2.05, 4.69) is 14.9 Å². The van der Waals surface area contributed by atoms with Crippen LogP contribution in [0.15, 0.2) is 40.1 Å². The van der Waals surface area contributed by atoms with Crippen LogP contribution in [0.5, 0.6) is 0 Å². The van der Waals surface area contributed by atoms with Crippen LogP contribution in [-0.4, -0.2) is 27.4 Å². The average Bonchev–Trinajstić information content (AvgIpc) is 3.50. The summed E-state index contributed by atoms with van der Waals surface area (Å²) in [6.07, 6.45) is 4.09. The molecule has 1 aliphatic rings. The Balaban J connectivity index is 1.84. The van der Waals surface area contributed by atoms with Crippen LogP contribution in [0.1, 0.15) is 64.9 Å². The fourth-order valence-electron chi connectivity index (χ4n) is 4.24. The van der Waals surface area contributed by atoms with E-state index in [0.29, 0.717) is 17.2 Å². The summed E-state index contributed by atoms with van der Waals surface area (Å²) in [6, 6.07) is 8.53. The van der Waals surface area contributed by atoms with E-state index in [1.54, 1.807) is 11.4 Å². The first-order chi connectivity index (χ1) is 15.0. The van der Waals surface area contributed by atoms with Gasteiger partial charge in [-0.15, -0.1) is 5.10 Å². The number of rotatable bonds is 6. The van der Waals surface area contributed by atoms with Gasteiger partial charge in [0.25, 0.3) is 11.8 Å². The molecule has 4 rings (SSSR count). The van der Waals surface area contributed by atoms with E-state index in [9.17, 15) is 9.59 Å². The number of aryl methyl sites for hydroxylation is 3. The molecule has 8 heteroatoms. The Bertz CT molecular complexity index is 1050. The summed E-state index contributed by atoms with van der Waals surface area (Å²) in [5.74, 6) is 0.470. The van der Waals surface area contributed by atoms with Crippen molar-refractivity contribution in [2.75, 3.05) is 4.90 Å². The minimum atomic E-state index is -0.955. The van der Waals surface area contributed by atoms with Crippen LogP contribution in [0.4, 0.5) is 5.69 Å². The lowest BCUT2D eigenvalue weighted by molar-refractivity contribution is -0.123. The van der Waals surface area contributed by atoms with Gasteiger partial charge in [-0.25, -0.2) is 0 Å². The highest BCUT2D eigenvalue weighted by molar-refractivity contribution is 7.03. The second-order valence-electron chi connectivity index (χ2n) is 8.05. The molecule has 0 aliphatic heterocycles. The van der Waals surface area contributed by atoms with Crippen molar-refractivity contribution in [1.29, 1.82) is 0 Å². The number of aromatic nitrogens is 2. The zero-order valence-corrected chi connectivity index (χ0v) is 18.7. The molecule has 1 aromatic carbocycles. The molecule has 3 aromatic rings. The number of amides is 2. The molecule has 7 nitrogen and oxygen atoms in total. The molecule has 31 heavy (non-hydrogen) atoms. The van der Waals surface area contributed by atoms with Gasteiger partial charge in [-0.2, -0.15) is 0 Å². The number of benzene rings is 1. The van der Waals surface area contributed by atoms with Crippen molar-refractivity contribution in [3.8, 4) is 0 Å². The molecule has 1 N–H and O–H groups in total. The standard InChI is InChI=1S/C23H26N4O3S/c1-14-7-6-8-15(2)20(14)27(23(29)18-13-31-26-25-18)21(19-12-11-16(3)30-19)22(28)24-17-9-4-5-10-17/h6-8,11-13,17,21H,4-5,9-10H2,1-3H3,(H,24,28). The lowest BCUT2D eigenvalue weighted by Crippen LogP contribution is -2.46. The van der Waals surface area contributed by atoms with Crippen molar-refractivity contribution < 1.29 is 14.0 Å². The summed E-state index contributed by atoms with van der Waals surface area (Å²) in [5.41, 5.74) is 2.66. The van der Waals surface area contributed by atoms with Crippen LogP contribution < -0.4 is 10.2 Å². The monoisotopic (exact) mass is 438 g/mol. The largest absolute Gasteiger partial charge is 0.464 e. The Morgan fingerprint density at radius 2 is 1.84 bits per heavy atom. The molecule has 0 spiro atoms. The first-order valence-electron chi connectivity index (χ1n) is 10.5. The maximum atomic E-state index is 13.7. The molecule has 0 saturated heterocycles. The molecule has 2 amide bonds. The highest BCUT2D eigenvalue weighted by Gasteiger charge is 2.38. The van der Waals surface area contributed by atoms with E-state index < -0.39 is 6.04 Å². The van der Waals surface area contributed by atoms with Crippen molar-refractivity contribution in [1.82, 2.24) is 14.9 Å². The second kappa shape index (κ2) is 9.01. The minimum absolute atomic E-state index is 0.113. The van der Waals surface area contributed by atoms with Crippen LogP contribution in [0.3, 0.4) is 0 Å². The number of anilines is 1. The number of nitrogens with one attached hydrogen (secondary N) is 1. The Morgan fingerprint density at radius 1 is 1.13 bits per heavy atom. The summed E-state index contributed by atoms with van der Waals surface area (Å²) in [4.78, 5) is 28.8. The van der Waals surface area contributed by atoms with Gasteiger partial charge in [-0.05, 0) is 68.4 Å². The third kappa shape index (κ3) is 4.39. The van der Waals surface area contributed by atoms with Crippen molar-refractivity contribution in [2.24, 2.45) is 0 Å². The number of nitrogens with zero attached hydrogens (tertiary/aromatic N) is 3. The number of carbonyl (C=O) groups is 2. The zero-order chi connectivity index (χ0) is 22.0. The molecule has 1 atom stereocenters. The van der Waals surface area contributed by atoms with Gasteiger partial charge in [0.05, 0.1) is 5.69 Å². The van der Waals surface area contributed by atoms with Crippen LogP contribution in [-0.2, 0) is 4.79 Å². The summed E-state index contributed by atoms with van der Waals surface area (Å²) in [5, 5.41) is 8.73. The van der Waals surface area contributed by atoms with Crippen molar-refractivity contribution >= 4 is 29.0 Å². The molecular formula is C23H26N4O3S. The van der Waals surface area contributed by atoms with Crippen molar-refractivity contribution in [3.05, 3.63) is 64.1 Å². The molecule has 162 valence electrons. The summed E-state index contributed by atoms with van der Waals surface area (Å²) in [7, 11) is 0. The van der Waals surface area contributed by atoms with Gasteiger partial charge in [0, 0.05) is 11.4 Å². The first-order valence-corrected chi connectivity index (χ1v) is 11.3. The van der Waals surface area contributed by atoms with E-state index in [-0.39, 0.29) is 23.6 Å². The third-order valence-corrected chi connectivity index (χ3v) is 6.22. The maximum absolute atomic E-state index is 13.7. The Labute approximate surface area is 185 Å². The Hall–Kier alpha value is -3.00. The minimum Gasteiger partial charge on any atom is -0.464 e. The van der Waals surface area contributed by atoms with E-state index in [1.165, 1.54) is 4.90 Å². The van der Waals surface area contributed by atoms with Gasteiger partial charge in [0.15, 0.2) is 11.7 Å². The molecule has 1 saturated carbocycles. The van der Waals surface area contributed by atoms with E-state index in [1.807, 2.05) is 45.0 Å². The van der Waals surface area contributed by atoms with Gasteiger partial charge >= 0.3 is 0 Å². The first kappa shape index (κ1) is 21.2. The lowest BCUT2D eigenvalue weighted by Gasteiger charge is -2.32. The van der Waals surface area contributed by atoms with E-state index in [4.69, 9.17) is 4.42 Å².